The molecule has 2 aromatic heterocycles. The van der Waals surface area contributed by atoms with E-state index in [1.54, 1.807) is 12.3 Å². The Kier molecular flexibility index (Phi) is 4.29. The highest BCUT2D eigenvalue weighted by molar-refractivity contribution is 5.45. The van der Waals surface area contributed by atoms with Gasteiger partial charge in [0.05, 0.1) is 12.8 Å². The average Bonchev–Trinajstić information content (AvgIpc) is 3.20. The smallest absolute Gasteiger partial charge is 0.236 e. The van der Waals surface area contributed by atoms with Gasteiger partial charge in [-0.05, 0) is 36.8 Å². The van der Waals surface area contributed by atoms with E-state index in [-0.39, 0.29) is 12.3 Å². The standard InChI is InChI=1S/C17H15N3O3/c1-12-4-2-5-13(8-12)22-11-16-20-15(9-18)17(23-16)19-10-14-6-3-7-21-14/h2-8,19H,10-11H2,1H3. The topological polar surface area (TPSA) is 84.2 Å². The number of aromatic nitrogens is 1. The fourth-order valence-electron chi connectivity index (χ4n) is 2.05. The molecule has 3 rings (SSSR count). The number of nitrogens with one attached hydrogen (secondary N) is 1. The molecule has 3 aromatic rings. The maximum absolute atomic E-state index is 9.13. The lowest BCUT2D eigenvalue weighted by molar-refractivity contribution is 0.264. The number of nitrogens with zero attached hydrogens (tertiary/aromatic N) is 2. The number of hydrogen-bond acceptors (Lipinski definition) is 6. The summed E-state index contributed by atoms with van der Waals surface area (Å²) in [6.07, 6.45) is 1.59. The molecule has 0 saturated heterocycles. The van der Waals surface area contributed by atoms with Crippen LogP contribution in [0.1, 0.15) is 22.9 Å². The van der Waals surface area contributed by atoms with Crippen molar-refractivity contribution in [2.75, 3.05) is 5.32 Å². The van der Waals surface area contributed by atoms with Crippen LogP contribution in [-0.4, -0.2) is 4.98 Å². The molecule has 0 saturated carbocycles. The van der Waals surface area contributed by atoms with Crippen molar-refractivity contribution in [1.82, 2.24) is 4.98 Å². The van der Waals surface area contributed by atoms with Crippen molar-refractivity contribution in [3.63, 3.8) is 0 Å². The van der Waals surface area contributed by atoms with Crippen molar-refractivity contribution in [3.05, 3.63) is 65.6 Å². The number of hydrogen-bond donors (Lipinski definition) is 1. The van der Waals surface area contributed by atoms with E-state index in [1.807, 2.05) is 43.3 Å². The van der Waals surface area contributed by atoms with Gasteiger partial charge in [0, 0.05) is 0 Å². The molecular weight excluding hydrogens is 294 g/mol. The quantitative estimate of drug-likeness (QED) is 0.748. The van der Waals surface area contributed by atoms with E-state index < -0.39 is 0 Å². The Morgan fingerprint density at radius 3 is 2.96 bits per heavy atom. The van der Waals surface area contributed by atoms with E-state index in [0.717, 1.165) is 17.1 Å². The molecule has 0 spiro atoms. The predicted octanol–water partition coefficient (Wildman–Crippen LogP) is 3.64. The van der Waals surface area contributed by atoms with Gasteiger partial charge in [-0.2, -0.15) is 10.2 Å². The van der Waals surface area contributed by atoms with Crippen LogP contribution in [-0.2, 0) is 13.2 Å². The largest absolute Gasteiger partial charge is 0.484 e. The Balaban J connectivity index is 1.65. The van der Waals surface area contributed by atoms with Gasteiger partial charge in [-0.3, -0.25) is 0 Å². The molecule has 0 aliphatic rings. The van der Waals surface area contributed by atoms with Crippen molar-refractivity contribution in [3.8, 4) is 11.8 Å². The van der Waals surface area contributed by atoms with Crippen LogP contribution in [0.3, 0.4) is 0 Å². The second kappa shape index (κ2) is 6.71. The molecule has 23 heavy (non-hydrogen) atoms. The molecule has 0 aliphatic carbocycles. The summed E-state index contributed by atoms with van der Waals surface area (Å²) in [6.45, 7) is 2.55. The normalized spacial score (nSPS) is 10.3. The van der Waals surface area contributed by atoms with E-state index in [9.17, 15) is 0 Å². The Hall–Kier alpha value is -3.20. The first-order chi connectivity index (χ1) is 11.2. The number of oxazole rings is 1. The Morgan fingerprint density at radius 2 is 2.22 bits per heavy atom. The van der Waals surface area contributed by atoms with Crippen LogP contribution in [0.4, 0.5) is 5.88 Å². The highest BCUT2D eigenvalue weighted by Gasteiger charge is 2.13. The Morgan fingerprint density at radius 1 is 1.30 bits per heavy atom. The molecule has 6 heteroatoms. The summed E-state index contributed by atoms with van der Waals surface area (Å²) in [6, 6.07) is 13.3. The predicted molar refractivity (Wildman–Crippen MR) is 82.8 cm³/mol. The van der Waals surface area contributed by atoms with Crippen LogP contribution in [0.25, 0.3) is 0 Å². The monoisotopic (exact) mass is 309 g/mol. The molecule has 0 aliphatic heterocycles. The molecule has 116 valence electrons. The van der Waals surface area contributed by atoms with Crippen molar-refractivity contribution in [1.29, 1.82) is 5.26 Å². The van der Waals surface area contributed by atoms with Crippen LogP contribution >= 0.6 is 0 Å². The Bertz CT molecular complexity index is 816. The third-order valence-electron chi connectivity index (χ3n) is 3.13. The Labute approximate surface area is 133 Å². The number of ether oxygens (including phenoxy) is 1. The molecule has 0 radical (unpaired) electrons. The van der Waals surface area contributed by atoms with Gasteiger partial charge in [0.25, 0.3) is 0 Å². The van der Waals surface area contributed by atoms with Crippen LogP contribution in [0.15, 0.2) is 51.5 Å². The molecule has 0 fully saturated rings. The van der Waals surface area contributed by atoms with Crippen LogP contribution in [0.5, 0.6) is 5.75 Å². The summed E-state index contributed by atoms with van der Waals surface area (Å²) in [7, 11) is 0. The van der Waals surface area contributed by atoms with Crippen LogP contribution in [0.2, 0.25) is 0 Å². The van der Waals surface area contributed by atoms with Crippen molar-refractivity contribution >= 4 is 5.88 Å². The number of nitriles is 1. The van der Waals surface area contributed by atoms with E-state index in [1.165, 1.54) is 0 Å². The zero-order chi connectivity index (χ0) is 16.1. The molecular formula is C17H15N3O3. The molecule has 0 amide bonds. The number of furan rings is 1. The maximum atomic E-state index is 9.13. The number of anilines is 1. The summed E-state index contributed by atoms with van der Waals surface area (Å²) in [5, 5.41) is 12.1. The number of benzene rings is 1. The van der Waals surface area contributed by atoms with Gasteiger partial charge in [-0.1, -0.05) is 12.1 Å². The van der Waals surface area contributed by atoms with E-state index in [0.29, 0.717) is 18.3 Å². The lowest BCUT2D eigenvalue weighted by Crippen LogP contribution is -1.98. The summed E-state index contributed by atoms with van der Waals surface area (Å²) in [5.74, 6) is 2.12. The second-order valence-corrected chi connectivity index (χ2v) is 4.94. The first kappa shape index (κ1) is 14.7. The minimum absolute atomic E-state index is 0.153. The molecule has 1 aromatic carbocycles. The van der Waals surface area contributed by atoms with Gasteiger partial charge in [0.1, 0.15) is 17.6 Å². The third-order valence-corrected chi connectivity index (χ3v) is 3.13. The summed E-state index contributed by atoms with van der Waals surface area (Å²) in [5.41, 5.74) is 1.30. The SMILES string of the molecule is Cc1cccc(OCc2nc(C#N)c(NCc3ccco3)o2)c1. The maximum Gasteiger partial charge on any atom is 0.236 e. The second-order valence-electron chi connectivity index (χ2n) is 4.94. The van der Waals surface area contributed by atoms with Crippen LogP contribution in [0, 0.1) is 18.3 Å². The highest BCUT2D eigenvalue weighted by Crippen LogP contribution is 2.20. The molecule has 2 heterocycles. The van der Waals surface area contributed by atoms with Crippen molar-refractivity contribution in [2.45, 2.75) is 20.1 Å². The van der Waals surface area contributed by atoms with Crippen molar-refractivity contribution in [2.24, 2.45) is 0 Å². The lowest BCUT2D eigenvalue weighted by Gasteiger charge is -2.04. The summed E-state index contributed by atoms with van der Waals surface area (Å²) < 4.78 is 16.4. The first-order valence-corrected chi connectivity index (χ1v) is 7.10. The van der Waals surface area contributed by atoms with Gasteiger partial charge in [-0.25, -0.2) is 0 Å². The number of rotatable bonds is 6. The third kappa shape index (κ3) is 3.71. The van der Waals surface area contributed by atoms with Gasteiger partial charge in [0.2, 0.25) is 17.5 Å². The molecule has 0 atom stereocenters. The number of aryl methyl sites for hydroxylation is 1. The minimum atomic E-state index is 0.153. The minimum Gasteiger partial charge on any atom is -0.484 e. The zero-order valence-corrected chi connectivity index (χ0v) is 12.6. The van der Waals surface area contributed by atoms with Gasteiger partial charge in [-0.15, -0.1) is 0 Å². The van der Waals surface area contributed by atoms with Gasteiger partial charge in [0.15, 0.2) is 6.61 Å². The first-order valence-electron chi connectivity index (χ1n) is 7.10. The van der Waals surface area contributed by atoms with Gasteiger partial charge >= 0.3 is 0 Å². The van der Waals surface area contributed by atoms with E-state index in [2.05, 4.69) is 10.3 Å². The fourth-order valence-corrected chi connectivity index (χ4v) is 2.05. The van der Waals surface area contributed by atoms with Gasteiger partial charge < -0.3 is 18.9 Å². The van der Waals surface area contributed by atoms with E-state index >= 15 is 0 Å². The summed E-state index contributed by atoms with van der Waals surface area (Å²) in [4.78, 5) is 4.12. The average molecular weight is 309 g/mol. The van der Waals surface area contributed by atoms with Crippen LogP contribution < -0.4 is 10.1 Å². The molecule has 1 N–H and O–H groups in total. The van der Waals surface area contributed by atoms with Crippen molar-refractivity contribution < 1.29 is 13.6 Å². The van der Waals surface area contributed by atoms with E-state index in [4.69, 9.17) is 18.8 Å². The highest BCUT2D eigenvalue weighted by atomic mass is 16.5. The summed E-state index contributed by atoms with van der Waals surface area (Å²) >= 11 is 0. The fraction of sp³-hybridized carbons (Fsp3) is 0.176. The molecule has 0 unspecified atom stereocenters. The lowest BCUT2D eigenvalue weighted by atomic mass is 10.2. The zero-order valence-electron chi connectivity index (χ0n) is 12.6. The molecule has 0 bridgehead atoms. The molecule has 6 nitrogen and oxygen atoms in total.